The standard InChI is InChI=1S/C17H17Br2NO3/c1-23-7-6-20-4-2-10-11(3-5-20)17(22)13-9-15(19)14(18)8-12(13)16(10)21/h8-9H,2-7H2,1H3. The maximum Gasteiger partial charge on any atom is 0.190 e. The molecule has 1 aromatic carbocycles. The third-order valence-electron chi connectivity index (χ3n) is 4.43. The normalized spacial score (nSPS) is 18.7. The second-order valence-corrected chi connectivity index (χ2v) is 7.47. The summed E-state index contributed by atoms with van der Waals surface area (Å²) >= 11 is 6.83. The van der Waals surface area contributed by atoms with Crippen molar-refractivity contribution in [3.8, 4) is 0 Å². The molecule has 1 aromatic rings. The van der Waals surface area contributed by atoms with E-state index in [0.29, 0.717) is 41.7 Å². The summed E-state index contributed by atoms with van der Waals surface area (Å²) < 4.78 is 6.70. The Hall–Kier alpha value is -0.820. The Morgan fingerprint density at radius 3 is 1.91 bits per heavy atom. The number of nitrogens with zero attached hydrogens (tertiary/aromatic N) is 1. The zero-order chi connectivity index (χ0) is 16.6. The van der Waals surface area contributed by atoms with Gasteiger partial charge in [0.1, 0.15) is 0 Å². The van der Waals surface area contributed by atoms with Gasteiger partial charge in [-0.05, 0) is 56.8 Å². The van der Waals surface area contributed by atoms with Crippen LogP contribution in [-0.2, 0) is 4.74 Å². The van der Waals surface area contributed by atoms with E-state index < -0.39 is 0 Å². The molecule has 3 rings (SSSR count). The van der Waals surface area contributed by atoms with E-state index >= 15 is 0 Å². The van der Waals surface area contributed by atoms with Crippen molar-refractivity contribution in [1.29, 1.82) is 0 Å². The number of fused-ring (bicyclic) bond motifs is 1. The number of methoxy groups -OCH3 is 1. The minimum atomic E-state index is -0.00334. The highest BCUT2D eigenvalue weighted by Gasteiger charge is 2.34. The summed E-state index contributed by atoms with van der Waals surface area (Å²) in [6, 6.07) is 3.49. The second kappa shape index (κ2) is 6.97. The van der Waals surface area contributed by atoms with Crippen LogP contribution in [0, 0.1) is 0 Å². The fourth-order valence-electron chi connectivity index (χ4n) is 3.15. The lowest BCUT2D eigenvalue weighted by Crippen LogP contribution is -2.28. The Bertz CT molecular complexity index is 657. The SMILES string of the molecule is COCCN1CCC2=C(CC1)C(=O)c1cc(Br)c(Br)cc1C2=O. The number of carbonyl (C=O) groups is 2. The second-order valence-electron chi connectivity index (χ2n) is 5.76. The number of ether oxygens (including phenoxy) is 1. The molecular weight excluding hydrogens is 426 g/mol. The fourth-order valence-corrected chi connectivity index (χ4v) is 3.83. The highest BCUT2D eigenvalue weighted by atomic mass is 79.9. The molecule has 2 aliphatic rings. The maximum absolute atomic E-state index is 12.8. The Morgan fingerprint density at radius 2 is 1.48 bits per heavy atom. The van der Waals surface area contributed by atoms with Crippen molar-refractivity contribution < 1.29 is 14.3 Å². The number of carbonyl (C=O) groups excluding carboxylic acids is 2. The van der Waals surface area contributed by atoms with Gasteiger partial charge in [-0.15, -0.1) is 0 Å². The summed E-state index contributed by atoms with van der Waals surface area (Å²) in [7, 11) is 1.68. The van der Waals surface area contributed by atoms with Crippen molar-refractivity contribution in [2.75, 3.05) is 33.4 Å². The Kier molecular flexibility index (Phi) is 5.16. The van der Waals surface area contributed by atoms with Crippen LogP contribution in [0.1, 0.15) is 33.6 Å². The van der Waals surface area contributed by atoms with Crippen LogP contribution in [0.5, 0.6) is 0 Å². The summed E-state index contributed by atoms with van der Waals surface area (Å²) in [5.74, 6) is -0.00668. The lowest BCUT2D eigenvalue weighted by Gasteiger charge is -2.20. The summed E-state index contributed by atoms with van der Waals surface area (Å²) in [5, 5.41) is 0. The summed E-state index contributed by atoms with van der Waals surface area (Å²) in [6.07, 6.45) is 1.24. The molecule has 122 valence electrons. The van der Waals surface area contributed by atoms with Gasteiger partial charge in [-0.25, -0.2) is 0 Å². The summed E-state index contributed by atoms with van der Waals surface area (Å²) in [4.78, 5) is 27.9. The molecule has 0 fully saturated rings. The highest BCUT2D eigenvalue weighted by molar-refractivity contribution is 9.13. The van der Waals surface area contributed by atoms with Gasteiger partial charge in [0.05, 0.1) is 6.61 Å². The van der Waals surface area contributed by atoms with Crippen molar-refractivity contribution in [3.63, 3.8) is 0 Å². The smallest absolute Gasteiger partial charge is 0.190 e. The monoisotopic (exact) mass is 441 g/mol. The average Bonchev–Trinajstić information content (AvgIpc) is 2.75. The van der Waals surface area contributed by atoms with Gasteiger partial charge in [-0.1, -0.05) is 0 Å². The number of rotatable bonds is 3. The molecule has 4 nitrogen and oxygen atoms in total. The van der Waals surface area contributed by atoms with Crippen LogP contribution < -0.4 is 0 Å². The molecule has 0 bridgehead atoms. The summed E-state index contributed by atoms with van der Waals surface area (Å²) in [6.45, 7) is 3.05. The predicted octanol–water partition coefficient (Wildman–Crippen LogP) is 3.63. The minimum absolute atomic E-state index is 0.00334. The van der Waals surface area contributed by atoms with Gasteiger partial charge in [0.15, 0.2) is 11.6 Å². The van der Waals surface area contributed by atoms with Crippen molar-refractivity contribution in [1.82, 2.24) is 4.90 Å². The zero-order valence-corrected chi connectivity index (χ0v) is 16.0. The van der Waals surface area contributed by atoms with E-state index in [4.69, 9.17) is 4.74 Å². The van der Waals surface area contributed by atoms with E-state index in [-0.39, 0.29) is 11.6 Å². The van der Waals surface area contributed by atoms with Gasteiger partial charge in [0, 0.05) is 58.0 Å². The van der Waals surface area contributed by atoms with Gasteiger partial charge in [0.25, 0.3) is 0 Å². The zero-order valence-electron chi connectivity index (χ0n) is 12.8. The first-order chi connectivity index (χ1) is 11.0. The Labute approximate surface area is 152 Å². The maximum atomic E-state index is 12.8. The lowest BCUT2D eigenvalue weighted by molar-refractivity contribution is 0.0970. The molecule has 0 N–H and O–H groups in total. The molecule has 1 aliphatic carbocycles. The summed E-state index contributed by atoms with van der Waals surface area (Å²) in [5.41, 5.74) is 2.40. The number of Topliss-reactive ketones (excluding diaryl/α,β-unsaturated/α-hetero) is 2. The number of halogens is 2. The third-order valence-corrected chi connectivity index (χ3v) is 6.27. The molecule has 23 heavy (non-hydrogen) atoms. The molecule has 1 heterocycles. The van der Waals surface area contributed by atoms with Gasteiger partial charge < -0.3 is 9.64 Å². The molecule has 0 spiro atoms. The van der Waals surface area contributed by atoms with Crippen LogP contribution in [-0.4, -0.2) is 49.8 Å². The Balaban J connectivity index is 1.92. The molecule has 0 saturated carbocycles. The van der Waals surface area contributed by atoms with E-state index in [9.17, 15) is 9.59 Å². The van der Waals surface area contributed by atoms with Gasteiger partial charge in [0.2, 0.25) is 0 Å². The van der Waals surface area contributed by atoms with Crippen LogP contribution in [0.25, 0.3) is 0 Å². The first-order valence-corrected chi connectivity index (χ1v) is 9.13. The van der Waals surface area contributed by atoms with Gasteiger partial charge >= 0.3 is 0 Å². The van der Waals surface area contributed by atoms with E-state index in [2.05, 4.69) is 36.8 Å². The van der Waals surface area contributed by atoms with Crippen LogP contribution in [0.15, 0.2) is 32.2 Å². The predicted molar refractivity (Wildman–Crippen MR) is 95.1 cm³/mol. The lowest BCUT2D eigenvalue weighted by atomic mass is 9.82. The largest absolute Gasteiger partial charge is 0.383 e. The Morgan fingerprint density at radius 1 is 1.00 bits per heavy atom. The van der Waals surface area contributed by atoms with E-state index in [0.717, 1.165) is 28.6 Å². The minimum Gasteiger partial charge on any atom is -0.383 e. The number of hydrogen-bond acceptors (Lipinski definition) is 4. The average molecular weight is 443 g/mol. The van der Waals surface area contributed by atoms with E-state index in [1.165, 1.54) is 0 Å². The molecular formula is C17H17Br2NO3. The molecule has 1 aliphatic heterocycles. The van der Waals surface area contributed by atoms with E-state index in [1.54, 1.807) is 19.2 Å². The fraction of sp³-hybridized carbons (Fsp3) is 0.412. The van der Waals surface area contributed by atoms with Crippen molar-refractivity contribution in [2.24, 2.45) is 0 Å². The number of benzene rings is 1. The van der Waals surface area contributed by atoms with Gasteiger partial charge in [-0.3, -0.25) is 9.59 Å². The highest BCUT2D eigenvalue weighted by Crippen LogP contribution is 2.36. The number of hydrogen-bond donors (Lipinski definition) is 0. The molecule has 0 aromatic heterocycles. The van der Waals surface area contributed by atoms with Crippen molar-refractivity contribution in [3.05, 3.63) is 43.4 Å². The molecule has 0 amide bonds. The third kappa shape index (κ3) is 3.22. The topological polar surface area (TPSA) is 46.6 Å². The number of ketones is 2. The molecule has 0 unspecified atom stereocenters. The first kappa shape index (κ1) is 17.0. The molecule has 0 saturated heterocycles. The molecule has 0 atom stereocenters. The van der Waals surface area contributed by atoms with Gasteiger partial charge in [-0.2, -0.15) is 0 Å². The van der Waals surface area contributed by atoms with Crippen LogP contribution in [0.4, 0.5) is 0 Å². The van der Waals surface area contributed by atoms with Crippen molar-refractivity contribution in [2.45, 2.75) is 12.8 Å². The molecule has 6 heteroatoms. The van der Waals surface area contributed by atoms with Crippen LogP contribution in [0.2, 0.25) is 0 Å². The van der Waals surface area contributed by atoms with Crippen LogP contribution in [0.3, 0.4) is 0 Å². The van der Waals surface area contributed by atoms with Crippen molar-refractivity contribution >= 4 is 43.4 Å². The quantitative estimate of drug-likeness (QED) is 0.717. The first-order valence-electron chi connectivity index (χ1n) is 7.54. The van der Waals surface area contributed by atoms with E-state index in [1.807, 2.05) is 0 Å². The van der Waals surface area contributed by atoms with Crippen LogP contribution >= 0.6 is 31.9 Å². The molecule has 0 radical (unpaired) electrons.